The van der Waals surface area contributed by atoms with Crippen LogP contribution in [0.15, 0.2) is 0 Å². The Balaban J connectivity index is 1.98. The van der Waals surface area contributed by atoms with E-state index in [2.05, 4.69) is 0 Å². The molecule has 0 saturated carbocycles. The van der Waals surface area contributed by atoms with Crippen molar-refractivity contribution in [1.29, 1.82) is 0 Å². The van der Waals surface area contributed by atoms with Gasteiger partial charge < -0.3 is 20.5 Å². The van der Waals surface area contributed by atoms with Gasteiger partial charge in [0, 0.05) is 19.7 Å². The first-order valence-electron chi connectivity index (χ1n) is 6.27. The number of carbonyl (C=O) groups is 2. The van der Waals surface area contributed by atoms with Crippen LogP contribution in [0, 0.1) is 5.41 Å². The number of nitrogens with two attached hydrogens (primary N) is 1. The van der Waals surface area contributed by atoms with E-state index in [1.807, 2.05) is 0 Å². The van der Waals surface area contributed by atoms with Crippen LogP contribution in [0.3, 0.4) is 0 Å². The lowest BCUT2D eigenvalue weighted by Gasteiger charge is -2.39. The highest BCUT2D eigenvalue weighted by molar-refractivity contribution is 5.87. The topological polar surface area (TPSA) is 92.9 Å². The summed E-state index contributed by atoms with van der Waals surface area (Å²) in [6.45, 7) is 3.43. The van der Waals surface area contributed by atoms with E-state index in [1.165, 1.54) is 0 Å². The lowest BCUT2D eigenvalue weighted by atomic mass is 9.80. The first-order chi connectivity index (χ1) is 8.37. The van der Waals surface area contributed by atoms with Crippen LogP contribution in [0.1, 0.15) is 26.2 Å². The Labute approximate surface area is 106 Å². The number of piperidine rings is 1. The van der Waals surface area contributed by atoms with Crippen LogP contribution in [-0.2, 0) is 14.3 Å². The largest absolute Gasteiger partial charge is 0.481 e. The van der Waals surface area contributed by atoms with Gasteiger partial charge in [0.05, 0.1) is 12.0 Å². The fourth-order valence-corrected chi connectivity index (χ4v) is 2.48. The molecule has 1 atom stereocenters. The van der Waals surface area contributed by atoms with Crippen molar-refractivity contribution in [2.45, 2.75) is 31.7 Å². The Morgan fingerprint density at radius 2 is 1.89 bits per heavy atom. The number of carboxylic acid groups (broad SMARTS) is 1. The molecule has 6 nitrogen and oxygen atoms in total. The van der Waals surface area contributed by atoms with Crippen LogP contribution in [-0.4, -0.2) is 53.7 Å². The third-order valence-corrected chi connectivity index (χ3v) is 4.15. The van der Waals surface area contributed by atoms with E-state index in [9.17, 15) is 9.59 Å². The van der Waals surface area contributed by atoms with E-state index in [4.69, 9.17) is 15.6 Å². The van der Waals surface area contributed by atoms with Gasteiger partial charge in [-0.1, -0.05) is 0 Å². The van der Waals surface area contributed by atoms with Crippen molar-refractivity contribution >= 4 is 11.9 Å². The molecule has 2 heterocycles. The van der Waals surface area contributed by atoms with Gasteiger partial charge in [-0.15, -0.1) is 0 Å². The summed E-state index contributed by atoms with van der Waals surface area (Å²) in [5.74, 6) is -0.895. The standard InChI is InChI=1S/C12H20N2O4/c1-11(10(16)17)2-5-14(6-3-11)9(15)12(13)4-7-18-8-12/h2-8,13H2,1H3,(H,16,17). The highest BCUT2D eigenvalue weighted by Crippen LogP contribution is 2.32. The van der Waals surface area contributed by atoms with Crippen molar-refractivity contribution < 1.29 is 19.4 Å². The number of rotatable bonds is 2. The average Bonchev–Trinajstić information content (AvgIpc) is 2.77. The molecular formula is C12H20N2O4. The zero-order chi connectivity index (χ0) is 13.4. The van der Waals surface area contributed by atoms with Crippen LogP contribution in [0.5, 0.6) is 0 Å². The minimum atomic E-state index is -0.906. The minimum Gasteiger partial charge on any atom is -0.481 e. The Morgan fingerprint density at radius 1 is 1.28 bits per heavy atom. The van der Waals surface area contributed by atoms with Crippen LogP contribution in [0.25, 0.3) is 0 Å². The van der Waals surface area contributed by atoms with Crippen molar-refractivity contribution in [3.05, 3.63) is 0 Å². The third kappa shape index (κ3) is 2.22. The highest BCUT2D eigenvalue weighted by atomic mass is 16.5. The molecule has 2 rings (SSSR count). The number of likely N-dealkylation sites (tertiary alicyclic amines) is 1. The lowest BCUT2D eigenvalue weighted by molar-refractivity contribution is -0.154. The molecule has 1 unspecified atom stereocenters. The molecular weight excluding hydrogens is 236 g/mol. The minimum absolute atomic E-state index is 0.104. The van der Waals surface area contributed by atoms with Crippen LogP contribution >= 0.6 is 0 Å². The predicted octanol–water partition coefficient (Wildman–Crippen LogP) is -0.182. The SMILES string of the molecule is CC1(C(=O)O)CCN(C(=O)C2(N)CCOC2)CC1. The molecule has 3 N–H and O–H groups in total. The van der Waals surface area contributed by atoms with Gasteiger partial charge in [0.2, 0.25) is 5.91 Å². The second-order valence-electron chi connectivity index (χ2n) is 5.62. The molecule has 6 heteroatoms. The number of amides is 1. The van der Waals surface area contributed by atoms with Crippen LogP contribution in [0.2, 0.25) is 0 Å². The number of carbonyl (C=O) groups excluding carboxylic acids is 1. The van der Waals surface area contributed by atoms with Gasteiger partial charge in [-0.2, -0.15) is 0 Å². The maximum absolute atomic E-state index is 12.3. The van der Waals surface area contributed by atoms with Gasteiger partial charge in [-0.3, -0.25) is 9.59 Å². The van der Waals surface area contributed by atoms with E-state index in [0.29, 0.717) is 39.0 Å². The zero-order valence-electron chi connectivity index (χ0n) is 10.6. The summed E-state index contributed by atoms with van der Waals surface area (Å²) in [6, 6.07) is 0. The number of hydrogen-bond donors (Lipinski definition) is 2. The summed E-state index contributed by atoms with van der Waals surface area (Å²) >= 11 is 0. The molecule has 1 amide bonds. The zero-order valence-corrected chi connectivity index (χ0v) is 10.6. The maximum atomic E-state index is 12.3. The molecule has 0 bridgehead atoms. The third-order valence-electron chi connectivity index (χ3n) is 4.15. The molecule has 18 heavy (non-hydrogen) atoms. The van der Waals surface area contributed by atoms with Crippen molar-refractivity contribution in [3.8, 4) is 0 Å². The van der Waals surface area contributed by atoms with Crippen molar-refractivity contribution in [3.63, 3.8) is 0 Å². The summed E-state index contributed by atoms with van der Waals surface area (Å²) in [5, 5.41) is 9.14. The van der Waals surface area contributed by atoms with Gasteiger partial charge in [0.15, 0.2) is 0 Å². The van der Waals surface area contributed by atoms with E-state index in [0.717, 1.165) is 0 Å². The summed E-state index contributed by atoms with van der Waals surface area (Å²) in [7, 11) is 0. The van der Waals surface area contributed by atoms with E-state index in [1.54, 1.807) is 11.8 Å². The Morgan fingerprint density at radius 3 is 2.33 bits per heavy atom. The molecule has 0 aromatic rings. The molecule has 0 spiro atoms. The van der Waals surface area contributed by atoms with E-state index < -0.39 is 16.9 Å². The fraction of sp³-hybridized carbons (Fsp3) is 0.833. The van der Waals surface area contributed by atoms with Gasteiger partial charge in [-0.25, -0.2) is 0 Å². The van der Waals surface area contributed by atoms with Crippen molar-refractivity contribution in [2.75, 3.05) is 26.3 Å². The molecule has 0 aromatic carbocycles. The molecule has 102 valence electrons. The number of nitrogens with zero attached hydrogens (tertiary/aromatic N) is 1. The van der Waals surface area contributed by atoms with Crippen LogP contribution < -0.4 is 5.73 Å². The van der Waals surface area contributed by atoms with Gasteiger partial charge in [0.1, 0.15) is 5.54 Å². The summed E-state index contributed by atoms with van der Waals surface area (Å²) in [4.78, 5) is 25.1. The van der Waals surface area contributed by atoms with Crippen LogP contribution in [0.4, 0.5) is 0 Å². The number of aliphatic carboxylic acids is 1. The Kier molecular flexibility index (Phi) is 3.33. The molecule has 2 saturated heterocycles. The Hall–Kier alpha value is -1.14. The first-order valence-corrected chi connectivity index (χ1v) is 6.27. The lowest BCUT2D eigenvalue weighted by Crippen LogP contribution is -2.58. The average molecular weight is 256 g/mol. The van der Waals surface area contributed by atoms with Gasteiger partial charge >= 0.3 is 5.97 Å². The van der Waals surface area contributed by atoms with E-state index in [-0.39, 0.29) is 12.5 Å². The molecule has 0 aliphatic carbocycles. The predicted molar refractivity (Wildman–Crippen MR) is 63.9 cm³/mol. The maximum Gasteiger partial charge on any atom is 0.309 e. The first kappa shape index (κ1) is 13.3. The second kappa shape index (κ2) is 4.51. The summed E-state index contributed by atoms with van der Waals surface area (Å²) in [5.41, 5.74) is 4.40. The van der Waals surface area contributed by atoms with E-state index >= 15 is 0 Å². The summed E-state index contributed by atoms with van der Waals surface area (Å²) < 4.78 is 5.18. The van der Waals surface area contributed by atoms with Gasteiger partial charge in [0.25, 0.3) is 0 Å². The highest BCUT2D eigenvalue weighted by Gasteiger charge is 2.44. The monoisotopic (exact) mass is 256 g/mol. The molecule has 2 aliphatic heterocycles. The normalized spacial score (nSPS) is 31.3. The molecule has 2 fully saturated rings. The number of carboxylic acids is 1. The quantitative estimate of drug-likeness (QED) is 0.714. The Bertz CT molecular complexity index is 355. The fourth-order valence-electron chi connectivity index (χ4n) is 2.48. The van der Waals surface area contributed by atoms with Crippen molar-refractivity contribution in [1.82, 2.24) is 4.90 Å². The van der Waals surface area contributed by atoms with Crippen molar-refractivity contribution in [2.24, 2.45) is 11.1 Å². The smallest absolute Gasteiger partial charge is 0.309 e. The molecule has 2 aliphatic rings. The molecule has 0 radical (unpaired) electrons. The van der Waals surface area contributed by atoms with Gasteiger partial charge in [-0.05, 0) is 26.2 Å². The molecule has 0 aromatic heterocycles. The number of ether oxygens (including phenoxy) is 1. The second-order valence-corrected chi connectivity index (χ2v) is 5.62. The summed E-state index contributed by atoms with van der Waals surface area (Å²) in [6.07, 6.45) is 1.49. The number of hydrogen-bond acceptors (Lipinski definition) is 4.